The van der Waals surface area contributed by atoms with Crippen LogP contribution in [0.2, 0.25) is 0 Å². The number of fused-ring (bicyclic) bond motifs is 1. The van der Waals surface area contributed by atoms with E-state index in [1.807, 2.05) is 0 Å². The lowest BCUT2D eigenvalue weighted by Gasteiger charge is -2.14. The van der Waals surface area contributed by atoms with E-state index < -0.39 is 38.4 Å². The predicted octanol–water partition coefficient (Wildman–Crippen LogP) is 4.78. The number of halogens is 2. The fourth-order valence-electron chi connectivity index (χ4n) is 4.88. The van der Waals surface area contributed by atoms with Crippen molar-refractivity contribution in [3.05, 3.63) is 88.9 Å². The summed E-state index contributed by atoms with van der Waals surface area (Å²) in [4.78, 5) is 20.6. The second-order valence-electron chi connectivity index (χ2n) is 10.2. The Labute approximate surface area is 244 Å². The Morgan fingerprint density at radius 3 is 2.60 bits per heavy atom. The maximum absolute atomic E-state index is 14.0. The molecular formula is C29H26F2N6O5S. The summed E-state index contributed by atoms with van der Waals surface area (Å²) >= 11 is 0. The zero-order chi connectivity index (χ0) is 30.5. The number of anilines is 2. The van der Waals surface area contributed by atoms with Gasteiger partial charge in [0.1, 0.15) is 11.1 Å². The largest absolute Gasteiger partial charge is 0.433 e. The Balaban J connectivity index is 1.25. The molecule has 43 heavy (non-hydrogen) atoms. The number of carbonyl (C=O) groups excluding carboxylic acids is 1. The smallest absolute Gasteiger partial charge is 0.237 e. The Bertz CT molecular complexity index is 1980. The number of nitrogen functional groups attached to an aromatic ring is 1. The van der Waals surface area contributed by atoms with Crippen LogP contribution in [0, 0.1) is 25.5 Å². The molecule has 1 saturated heterocycles. The lowest BCUT2D eigenvalue weighted by molar-refractivity contribution is 0.103. The molecule has 5 aromatic rings. The average Bonchev–Trinajstić information content (AvgIpc) is 3.72. The van der Waals surface area contributed by atoms with Gasteiger partial charge in [0, 0.05) is 23.6 Å². The first-order chi connectivity index (χ1) is 20.5. The molecule has 6 rings (SSSR count). The van der Waals surface area contributed by atoms with Crippen LogP contribution in [0.25, 0.3) is 16.6 Å². The molecule has 4 heterocycles. The normalized spacial score (nSPS) is 15.2. The molecule has 14 heteroatoms. The van der Waals surface area contributed by atoms with E-state index in [1.54, 1.807) is 32.0 Å². The van der Waals surface area contributed by atoms with Gasteiger partial charge in [-0.1, -0.05) is 6.07 Å². The third-order valence-electron chi connectivity index (χ3n) is 7.25. The molecule has 1 aliphatic rings. The third kappa shape index (κ3) is 5.30. The number of sulfonamides is 1. The lowest BCUT2D eigenvalue weighted by Crippen LogP contribution is -2.28. The van der Waals surface area contributed by atoms with Crippen molar-refractivity contribution in [1.82, 2.24) is 19.7 Å². The first-order valence-corrected chi connectivity index (χ1v) is 14.8. The minimum absolute atomic E-state index is 0.0427. The highest BCUT2D eigenvalue weighted by Gasteiger charge is 2.30. The number of ether oxygens (including phenoxy) is 2. The van der Waals surface area contributed by atoms with E-state index in [2.05, 4.69) is 19.8 Å². The van der Waals surface area contributed by atoms with Crippen LogP contribution in [-0.2, 0) is 14.8 Å². The average molecular weight is 609 g/mol. The first-order valence-electron chi connectivity index (χ1n) is 13.2. The maximum atomic E-state index is 14.0. The standard InChI is InChI=1S/C29H26F2N6O5S/c1-15-8-17-10-24(35-23(17)11-22(15)36-43(39,40)18-6-7-41-14-18)27(38)19-12-34-37(29(19)32)25-13-33-26(9-16(25)2)42-28-20(30)4-3-5-21(28)31/h3-5,8-13,18,35-36H,6-7,14,32H2,1-2H3. The summed E-state index contributed by atoms with van der Waals surface area (Å²) in [5, 5.41) is 4.35. The number of hydrogen-bond donors (Lipinski definition) is 3. The number of ketones is 1. The molecule has 1 atom stereocenters. The summed E-state index contributed by atoms with van der Waals surface area (Å²) in [6, 6.07) is 9.93. The van der Waals surface area contributed by atoms with Crippen LogP contribution in [0.3, 0.4) is 0 Å². The summed E-state index contributed by atoms with van der Waals surface area (Å²) < 4.78 is 68.1. The summed E-state index contributed by atoms with van der Waals surface area (Å²) in [7, 11) is -3.64. The third-order valence-corrected chi connectivity index (χ3v) is 9.01. The van der Waals surface area contributed by atoms with E-state index in [0.29, 0.717) is 46.4 Å². The van der Waals surface area contributed by atoms with Crippen LogP contribution in [0.1, 0.15) is 33.6 Å². The Hall–Kier alpha value is -4.82. The van der Waals surface area contributed by atoms with E-state index in [9.17, 15) is 22.0 Å². The van der Waals surface area contributed by atoms with Gasteiger partial charge in [-0.25, -0.2) is 26.9 Å². The second kappa shape index (κ2) is 10.8. The molecule has 11 nitrogen and oxygen atoms in total. The first kappa shape index (κ1) is 28.3. The quantitative estimate of drug-likeness (QED) is 0.213. The molecule has 1 unspecified atom stereocenters. The van der Waals surface area contributed by atoms with Crippen molar-refractivity contribution >= 4 is 38.2 Å². The van der Waals surface area contributed by atoms with Gasteiger partial charge in [0.15, 0.2) is 11.6 Å². The van der Waals surface area contributed by atoms with Crippen molar-refractivity contribution in [3.8, 4) is 17.3 Å². The van der Waals surface area contributed by atoms with Gasteiger partial charge in [-0.15, -0.1) is 0 Å². The molecular weight excluding hydrogens is 582 g/mol. The van der Waals surface area contributed by atoms with Crippen LogP contribution in [0.15, 0.2) is 54.9 Å². The topological polar surface area (TPSA) is 154 Å². The molecule has 0 aliphatic carbocycles. The molecule has 0 spiro atoms. The number of nitrogens with two attached hydrogens (primary N) is 1. The number of nitrogens with one attached hydrogen (secondary N) is 2. The number of aromatic amines is 1. The number of nitrogens with zero attached hydrogens (tertiary/aromatic N) is 3. The van der Waals surface area contributed by atoms with Crippen molar-refractivity contribution in [2.24, 2.45) is 0 Å². The zero-order valence-electron chi connectivity index (χ0n) is 23.0. The number of para-hydroxylation sites is 1. The number of hydrogen-bond acceptors (Lipinski definition) is 8. The van der Waals surface area contributed by atoms with Crippen molar-refractivity contribution < 1.29 is 31.5 Å². The fourth-order valence-corrected chi connectivity index (χ4v) is 6.25. The van der Waals surface area contributed by atoms with Crippen molar-refractivity contribution in [3.63, 3.8) is 0 Å². The predicted molar refractivity (Wildman–Crippen MR) is 155 cm³/mol. The molecule has 3 aromatic heterocycles. The molecule has 222 valence electrons. The highest BCUT2D eigenvalue weighted by atomic mass is 32.2. The summed E-state index contributed by atoms with van der Waals surface area (Å²) in [6.45, 7) is 4.03. The Morgan fingerprint density at radius 1 is 1.14 bits per heavy atom. The van der Waals surface area contributed by atoms with E-state index in [4.69, 9.17) is 15.2 Å². The molecule has 2 aromatic carbocycles. The van der Waals surface area contributed by atoms with Crippen LogP contribution in [0.4, 0.5) is 20.3 Å². The van der Waals surface area contributed by atoms with Crippen molar-refractivity contribution in [2.45, 2.75) is 25.5 Å². The minimum atomic E-state index is -3.64. The Kier molecular flexibility index (Phi) is 7.10. The monoisotopic (exact) mass is 608 g/mol. The van der Waals surface area contributed by atoms with Gasteiger partial charge in [-0.3, -0.25) is 9.52 Å². The minimum Gasteiger partial charge on any atom is -0.433 e. The van der Waals surface area contributed by atoms with Gasteiger partial charge in [0.05, 0.1) is 41.6 Å². The molecule has 1 aliphatic heterocycles. The highest BCUT2D eigenvalue weighted by Crippen LogP contribution is 2.31. The molecule has 0 saturated carbocycles. The van der Waals surface area contributed by atoms with Gasteiger partial charge >= 0.3 is 0 Å². The van der Waals surface area contributed by atoms with Gasteiger partial charge in [-0.05, 0) is 61.7 Å². The molecule has 0 bridgehead atoms. The maximum Gasteiger partial charge on any atom is 0.237 e. The van der Waals surface area contributed by atoms with Gasteiger partial charge < -0.3 is 20.2 Å². The van der Waals surface area contributed by atoms with Gasteiger partial charge in [-0.2, -0.15) is 5.10 Å². The number of benzene rings is 2. The summed E-state index contributed by atoms with van der Waals surface area (Å²) in [6.07, 6.45) is 3.12. The number of H-pyrrole nitrogens is 1. The number of pyridine rings is 1. The van der Waals surface area contributed by atoms with Crippen LogP contribution in [0.5, 0.6) is 11.6 Å². The van der Waals surface area contributed by atoms with E-state index >= 15 is 0 Å². The summed E-state index contributed by atoms with van der Waals surface area (Å²) in [5.41, 5.74) is 9.33. The summed E-state index contributed by atoms with van der Waals surface area (Å²) in [5.74, 6) is -2.73. The molecule has 1 fully saturated rings. The van der Waals surface area contributed by atoms with Gasteiger partial charge in [0.2, 0.25) is 27.4 Å². The number of carbonyl (C=O) groups is 1. The molecule has 0 amide bonds. The number of aryl methyl sites for hydroxylation is 2. The zero-order valence-corrected chi connectivity index (χ0v) is 23.8. The van der Waals surface area contributed by atoms with E-state index in [1.165, 1.54) is 29.2 Å². The lowest BCUT2D eigenvalue weighted by atomic mass is 10.1. The van der Waals surface area contributed by atoms with Crippen molar-refractivity contribution in [1.29, 1.82) is 0 Å². The number of aromatic nitrogens is 4. The van der Waals surface area contributed by atoms with Crippen molar-refractivity contribution in [2.75, 3.05) is 23.7 Å². The SMILES string of the molecule is Cc1cc2cc(C(=O)c3cnn(-c4cnc(Oc5c(F)cccc5F)cc4C)c3N)[nH]c2cc1NS(=O)(=O)C1CCOC1. The molecule has 0 radical (unpaired) electrons. The number of rotatable bonds is 8. The van der Waals surface area contributed by atoms with Gasteiger partial charge in [0.25, 0.3) is 0 Å². The van der Waals surface area contributed by atoms with Crippen LogP contribution in [-0.4, -0.2) is 52.4 Å². The van der Waals surface area contributed by atoms with Crippen LogP contribution < -0.4 is 15.2 Å². The molecule has 4 N–H and O–H groups in total. The fraction of sp³-hybridized carbons (Fsp3) is 0.207. The van der Waals surface area contributed by atoms with Crippen LogP contribution >= 0.6 is 0 Å². The second-order valence-corrected chi connectivity index (χ2v) is 12.2. The van der Waals surface area contributed by atoms with E-state index in [0.717, 1.165) is 12.1 Å². The van der Waals surface area contributed by atoms with E-state index in [-0.39, 0.29) is 29.6 Å². The Morgan fingerprint density at radius 2 is 1.91 bits per heavy atom. The highest BCUT2D eigenvalue weighted by molar-refractivity contribution is 7.93.